The van der Waals surface area contributed by atoms with E-state index in [1.807, 2.05) is 0 Å². The summed E-state index contributed by atoms with van der Waals surface area (Å²) in [5.41, 5.74) is 0. The molecule has 0 spiro atoms. The highest BCUT2D eigenvalue weighted by molar-refractivity contribution is 9.09. The second-order valence-corrected chi connectivity index (χ2v) is 5.94. The zero-order valence-corrected chi connectivity index (χ0v) is 14.6. The van der Waals surface area contributed by atoms with E-state index in [4.69, 9.17) is 4.74 Å². The molecule has 3 heteroatoms. The van der Waals surface area contributed by atoms with Gasteiger partial charge in [0.15, 0.2) is 0 Å². The van der Waals surface area contributed by atoms with Crippen LogP contribution in [0, 0.1) is 11.8 Å². The van der Waals surface area contributed by atoms with Crippen LogP contribution in [0.2, 0.25) is 0 Å². The van der Waals surface area contributed by atoms with Gasteiger partial charge in [0, 0.05) is 25.0 Å². The first-order valence-corrected chi connectivity index (χ1v) is 9.23. The lowest BCUT2D eigenvalue weighted by atomic mass is 10.1. The molecule has 0 amide bonds. The number of alkyl halides is 1. The van der Waals surface area contributed by atoms with Crippen molar-refractivity contribution < 1.29 is 9.84 Å². The maximum absolute atomic E-state index is 9.55. The van der Waals surface area contributed by atoms with Gasteiger partial charge in [0.1, 0.15) is 6.10 Å². The van der Waals surface area contributed by atoms with Gasteiger partial charge in [-0.25, -0.2) is 0 Å². The van der Waals surface area contributed by atoms with Gasteiger partial charge in [0.25, 0.3) is 0 Å². The summed E-state index contributed by atoms with van der Waals surface area (Å²) in [5.74, 6) is 6.02. The fourth-order valence-corrected chi connectivity index (χ4v) is 2.10. The maximum atomic E-state index is 9.55. The van der Waals surface area contributed by atoms with E-state index in [0.29, 0.717) is 0 Å². The third kappa shape index (κ3) is 16.0. The highest BCUT2D eigenvalue weighted by Crippen LogP contribution is 2.05. The summed E-state index contributed by atoms with van der Waals surface area (Å²) in [5, 5.41) is 10.6. The predicted octanol–water partition coefficient (Wildman–Crippen LogP) is 4.68. The second kappa shape index (κ2) is 17.0. The Bertz CT molecular complexity index is 245. The molecule has 0 aliphatic heterocycles. The van der Waals surface area contributed by atoms with E-state index in [9.17, 15) is 5.11 Å². The molecule has 1 N–H and O–H groups in total. The third-order valence-electron chi connectivity index (χ3n) is 3.11. The Morgan fingerprint density at radius 3 is 2.45 bits per heavy atom. The van der Waals surface area contributed by atoms with Gasteiger partial charge in [-0.3, -0.25) is 0 Å². The fraction of sp³-hybridized carbons (Fsp3) is 0.882. The van der Waals surface area contributed by atoms with Crippen molar-refractivity contribution in [3.63, 3.8) is 0 Å². The number of hydrogen-bond acceptors (Lipinski definition) is 2. The summed E-state index contributed by atoms with van der Waals surface area (Å²) in [6, 6.07) is 0. The molecule has 0 aliphatic rings. The van der Waals surface area contributed by atoms with Crippen molar-refractivity contribution in [2.45, 2.75) is 77.2 Å². The molecule has 2 nitrogen and oxygen atoms in total. The van der Waals surface area contributed by atoms with Crippen molar-refractivity contribution >= 4 is 15.9 Å². The predicted molar refractivity (Wildman–Crippen MR) is 90.2 cm³/mol. The molecular weight excluding hydrogens is 316 g/mol. The third-order valence-corrected chi connectivity index (χ3v) is 3.67. The minimum absolute atomic E-state index is 0.411. The van der Waals surface area contributed by atoms with Gasteiger partial charge in [-0.05, 0) is 25.7 Å². The normalized spacial score (nSPS) is 11.9. The summed E-state index contributed by atoms with van der Waals surface area (Å²) in [4.78, 5) is 0. The molecule has 0 saturated carbocycles. The fourth-order valence-electron chi connectivity index (χ4n) is 1.87. The first kappa shape index (κ1) is 20.0. The van der Waals surface area contributed by atoms with Crippen LogP contribution < -0.4 is 0 Å². The molecule has 0 radical (unpaired) electrons. The van der Waals surface area contributed by atoms with Crippen molar-refractivity contribution in [3.05, 3.63) is 0 Å². The number of unbranched alkanes of at least 4 members (excludes halogenated alkanes) is 6. The molecule has 0 bridgehead atoms. The van der Waals surface area contributed by atoms with Gasteiger partial charge in [0.05, 0.1) is 0 Å². The number of ether oxygens (including phenoxy) is 1. The molecule has 0 rings (SSSR count). The quantitative estimate of drug-likeness (QED) is 0.298. The summed E-state index contributed by atoms with van der Waals surface area (Å²) in [7, 11) is 0. The second-order valence-electron chi connectivity index (χ2n) is 5.15. The summed E-state index contributed by atoms with van der Waals surface area (Å²) in [6.45, 7) is 3.91. The summed E-state index contributed by atoms with van der Waals surface area (Å²) >= 11 is 3.39. The molecule has 1 atom stereocenters. The van der Waals surface area contributed by atoms with E-state index in [1.165, 1.54) is 25.7 Å². The van der Waals surface area contributed by atoms with Gasteiger partial charge in [-0.2, -0.15) is 0 Å². The summed E-state index contributed by atoms with van der Waals surface area (Å²) < 4.78 is 5.50. The number of halogens is 1. The average Bonchev–Trinajstić information content (AvgIpc) is 2.46. The van der Waals surface area contributed by atoms with Gasteiger partial charge in [0.2, 0.25) is 0 Å². The van der Waals surface area contributed by atoms with Crippen LogP contribution in [0.5, 0.6) is 0 Å². The highest BCUT2D eigenvalue weighted by atomic mass is 79.9. The van der Waals surface area contributed by atoms with Crippen LogP contribution in [0.1, 0.15) is 71.1 Å². The lowest BCUT2D eigenvalue weighted by molar-refractivity contribution is 0.131. The number of hydrogen-bond donors (Lipinski definition) is 1. The maximum Gasteiger partial charge on any atom is 0.114 e. The number of aliphatic hydroxyl groups excluding tert-OH is 1. The Balaban J connectivity index is 3.18. The largest absolute Gasteiger partial charge is 0.381 e. The SMILES string of the molecule is CCCC[C@@H](O)C#CCCCCCCCOCCCBr. The Hall–Kier alpha value is -0.0400. The molecule has 20 heavy (non-hydrogen) atoms. The van der Waals surface area contributed by atoms with Gasteiger partial charge < -0.3 is 9.84 Å². The minimum atomic E-state index is -0.411. The Morgan fingerprint density at radius 2 is 1.70 bits per heavy atom. The molecule has 0 aromatic carbocycles. The molecule has 0 aromatic heterocycles. The molecule has 0 unspecified atom stereocenters. The molecular formula is C17H31BrO2. The van der Waals surface area contributed by atoms with E-state index in [2.05, 4.69) is 34.7 Å². The van der Waals surface area contributed by atoms with Crippen LogP contribution >= 0.6 is 15.9 Å². The van der Waals surface area contributed by atoms with Gasteiger partial charge in [-0.15, -0.1) is 5.92 Å². The number of aliphatic hydroxyl groups is 1. The monoisotopic (exact) mass is 346 g/mol. The van der Waals surface area contributed by atoms with Crippen molar-refractivity contribution in [2.75, 3.05) is 18.5 Å². The van der Waals surface area contributed by atoms with E-state index >= 15 is 0 Å². The molecule has 0 aliphatic carbocycles. The van der Waals surface area contributed by atoms with Crippen LogP contribution in [0.25, 0.3) is 0 Å². The van der Waals surface area contributed by atoms with Gasteiger partial charge in [-0.1, -0.05) is 60.9 Å². The minimum Gasteiger partial charge on any atom is -0.381 e. The van der Waals surface area contributed by atoms with E-state index in [-0.39, 0.29) is 0 Å². The molecule has 118 valence electrons. The van der Waals surface area contributed by atoms with Gasteiger partial charge >= 0.3 is 0 Å². The molecule has 0 fully saturated rings. The first-order chi connectivity index (χ1) is 9.81. The van der Waals surface area contributed by atoms with Crippen LogP contribution in [-0.4, -0.2) is 29.8 Å². The van der Waals surface area contributed by atoms with Crippen LogP contribution in [0.3, 0.4) is 0 Å². The van der Waals surface area contributed by atoms with E-state index in [0.717, 1.165) is 57.1 Å². The zero-order chi connectivity index (χ0) is 14.9. The highest BCUT2D eigenvalue weighted by Gasteiger charge is 1.96. The Labute approximate surface area is 133 Å². The molecule has 0 aromatic rings. The van der Waals surface area contributed by atoms with Crippen molar-refractivity contribution in [1.29, 1.82) is 0 Å². The van der Waals surface area contributed by atoms with Crippen molar-refractivity contribution in [1.82, 2.24) is 0 Å². The smallest absolute Gasteiger partial charge is 0.114 e. The van der Waals surface area contributed by atoms with Crippen LogP contribution in [-0.2, 0) is 4.74 Å². The lowest BCUT2D eigenvalue weighted by Crippen LogP contribution is -2.01. The first-order valence-electron chi connectivity index (χ1n) is 8.11. The van der Waals surface area contributed by atoms with Crippen molar-refractivity contribution in [2.24, 2.45) is 0 Å². The topological polar surface area (TPSA) is 29.5 Å². The molecule has 0 heterocycles. The van der Waals surface area contributed by atoms with Crippen molar-refractivity contribution in [3.8, 4) is 11.8 Å². The van der Waals surface area contributed by atoms with E-state index in [1.54, 1.807) is 0 Å². The standard InChI is InChI=1S/C17H31BrO2/c1-2-3-12-17(19)13-9-7-5-4-6-8-10-15-20-16-11-14-18/h17,19H,2-8,10-12,14-16H2,1H3/t17-/m1/s1. The van der Waals surface area contributed by atoms with E-state index < -0.39 is 6.10 Å². The van der Waals surface area contributed by atoms with Crippen LogP contribution in [0.15, 0.2) is 0 Å². The summed E-state index contributed by atoms with van der Waals surface area (Å²) in [6.07, 6.45) is 10.7. The Kier molecular flexibility index (Phi) is 17.0. The zero-order valence-electron chi connectivity index (χ0n) is 13.0. The van der Waals surface area contributed by atoms with Crippen LogP contribution in [0.4, 0.5) is 0 Å². The number of rotatable bonds is 13. The Morgan fingerprint density at radius 1 is 1.00 bits per heavy atom. The lowest BCUT2D eigenvalue weighted by Gasteiger charge is -2.02. The average molecular weight is 347 g/mol. The molecule has 0 saturated heterocycles.